The summed E-state index contributed by atoms with van der Waals surface area (Å²) in [4.78, 5) is 12.5. The lowest BCUT2D eigenvalue weighted by molar-refractivity contribution is -0.108. The van der Waals surface area contributed by atoms with Gasteiger partial charge in [-0.3, -0.25) is 0 Å². The van der Waals surface area contributed by atoms with Gasteiger partial charge in [0.05, 0.1) is 6.54 Å². The van der Waals surface area contributed by atoms with E-state index in [0.717, 1.165) is 37.7 Å². The summed E-state index contributed by atoms with van der Waals surface area (Å²) in [5, 5.41) is 0. The second kappa shape index (κ2) is 3.95. The molecule has 0 N–H and O–H groups in total. The van der Waals surface area contributed by atoms with E-state index in [9.17, 15) is 9.18 Å². The zero-order chi connectivity index (χ0) is 9.97. The fourth-order valence-corrected chi connectivity index (χ4v) is 2.21. The highest BCUT2D eigenvalue weighted by molar-refractivity contribution is 5.53. The molecule has 1 heterocycles. The van der Waals surface area contributed by atoms with Gasteiger partial charge in [0.15, 0.2) is 0 Å². The van der Waals surface area contributed by atoms with Gasteiger partial charge in [-0.15, -0.1) is 0 Å². The molecular formula is C11H14FNO. The smallest absolute Gasteiger partial charge is 0.139 e. The van der Waals surface area contributed by atoms with Crippen molar-refractivity contribution in [1.82, 2.24) is 4.90 Å². The Labute approximate surface area is 83.1 Å². The van der Waals surface area contributed by atoms with Crippen LogP contribution in [0.5, 0.6) is 0 Å². The number of halogens is 1. The lowest BCUT2D eigenvalue weighted by Crippen LogP contribution is -2.31. The Morgan fingerprint density at radius 1 is 1.43 bits per heavy atom. The Bertz CT molecular complexity index is 306. The van der Waals surface area contributed by atoms with Crippen molar-refractivity contribution in [3.8, 4) is 0 Å². The minimum absolute atomic E-state index is 0.0169. The van der Waals surface area contributed by atoms with Gasteiger partial charge in [0.25, 0.3) is 0 Å². The van der Waals surface area contributed by atoms with E-state index in [4.69, 9.17) is 0 Å². The fraction of sp³-hybridized carbons (Fsp3) is 0.545. The number of rotatable bonds is 2. The Balaban J connectivity index is 2.23. The van der Waals surface area contributed by atoms with Crippen molar-refractivity contribution in [2.45, 2.75) is 25.7 Å². The van der Waals surface area contributed by atoms with Crippen molar-refractivity contribution in [3.63, 3.8) is 0 Å². The zero-order valence-electron chi connectivity index (χ0n) is 8.13. The first-order valence-electron chi connectivity index (χ1n) is 5.08. The Morgan fingerprint density at radius 2 is 2.29 bits per heavy atom. The Hall–Kier alpha value is -1.12. The first-order chi connectivity index (χ1) is 6.81. The van der Waals surface area contributed by atoms with Crippen molar-refractivity contribution >= 4 is 6.29 Å². The van der Waals surface area contributed by atoms with E-state index < -0.39 is 0 Å². The summed E-state index contributed by atoms with van der Waals surface area (Å²) in [5.74, 6) is -0.0169. The van der Waals surface area contributed by atoms with E-state index in [1.807, 2.05) is 0 Å². The molecule has 1 aliphatic carbocycles. The number of carbonyl (C=O) groups is 1. The van der Waals surface area contributed by atoms with Gasteiger partial charge in [-0.25, -0.2) is 4.39 Å². The zero-order valence-corrected chi connectivity index (χ0v) is 8.13. The predicted molar refractivity (Wildman–Crippen MR) is 52.3 cm³/mol. The molecule has 0 saturated carbocycles. The van der Waals surface area contributed by atoms with Crippen molar-refractivity contribution in [2.75, 3.05) is 13.1 Å². The highest BCUT2D eigenvalue weighted by atomic mass is 19.1. The third kappa shape index (κ3) is 1.72. The third-order valence-electron chi connectivity index (χ3n) is 2.85. The lowest BCUT2D eigenvalue weighted by Gasteiger charge is -2.33. The van der Waals surface area contributed by atoms with Gasteiger partial charge in [-0.1, -0.05) is 0 Å². The first kappa shape index (κ1) is 9.44. The summed E-state index contributed by atoms with van der Waals surface area (Å²) >= 11 is 0. The van der Waals surface area contributed by atoms with Crippen LogP contribution in [0.2, 0.25) is 0 Å². The van der Waals surface area contributed by atoms with Crippen LogP contribution in [0.25, 0.3) is 0 Å². The molecular weight excluding hydrogens is 181 g/mol. The van der Waals surface area contributed by atoms with E-state index in [0.29, 0.717) is 13.0 Å². The monoisotopic (exact) mass is 195 g/mol. The van der Waals surface area contributed by atoms with Crippen molar-refractivity contribution in [1.29, 1.82) is 0 Å². The molecule has 0 bridgehead atoms. The molecule has 2 nitrogen and oxygen atoms in total. The lowest BCUT2D eigenvalue weighted by atomic mass is 9.94. The normalized spacial score (nSPS) is 21.8. The van der Waals surface area contributed by atoms with Crippen LogP contribution in [0, 0.1) is 0 Å². The molecule has 0 aromatic carbocycles. The van der Waals surface area contributed by atoms with E-state index in [1.54, 1.807) is 6.08 Å². The fourth-order valence-electron chi connectivity index (χ4n) is 2.21. The van der Waals surface area contributed by atoms with Gasteiger partial charge in [0.1, 0.15) is 12.1 Å². The van der Waals surface area contributed by atoms with E-state index in [-0.39, 0.29) is 5.83 Å². The molecule has 14 heavy (non-hydrogen) atoms. The van der Waals surface area contributed by atoms with Crippen LogP contribution in [-0.2, 0) is 4.79 Å². The van der Waals surface area contributed by atoms with E-state index >= 15 is 0 Å². The molecule has 2 rings (SSSR count). The van der Waals surface area contributed by atoms with Gasteiger partial charge in [0, 0.05) is 18.7 Å². The molecule has 1 aliphatic heterocycles. The topological polar surface area (TPSA) is 20.3 Å². The maximum absolute atomic E-state index is 13.0. The standard InChI is InChI=1S/C11H14FNO/c12-10-3-4-11-9(8-10)2-1-5-13(11)6-7-14/h7-8H,1-6H2. The van der Waals surface area contributed by atoms with Crippen LogP contribution in [0.15, 0.2) is 23.2 Å². The van der Waals surface area contributed by atoms with Crippen LogP contribution in [0.4, 0.5) is 4.39 Å². The average Bonchev–Trinajstić information content (AvgIpc) is 2.18. The van der Waals surface area contributed by atoms with Crippen molar-refractivity contribution in [3.05, 3.63) is 23.2 Å². The number of carbonyl (C=O) groups excluding carboxylic acids is 1. The summed E-state index contributed by atoms with van der Waals surface area (Å²) in [6.45, 7) is 1.39. The predicted octanol–water partition coefficient (Wildman–Crippen LogP) is 2.18. The highest BCUT2D eigenvalue weighted by Crippen LogP contribution is 2.32. The molecule has 0 aromatic rings. The summed E-state index contributed by atoms with van der Waals surface area (Å²) < 4.78 is 13.0. The van der Waals surface area contributed by atoms with Gasteiger partial charge >= 0.3 is 0 Å². The summed E-state index contributed by atoms with van der Waals surface area (Å²) in [6.07, 6.45) is 5.80. The Kier molecular flexibility index (Phi) is 2.66. The molecule has 0 fully saturated rings. The molecule has 76 valence electrons. The largest absolute Gasteiger partial charge is 0.368 e. The number of hydrogen-bond acceptors (Lipinski definition) is 2. The maximum atomic E-state index is 13.0. The summed E-state index contributed by atoms with van der Waals surface area (Å²) in [7, 11) is 0. The minimum atomic E-state index is -0.0169. The second-order valence-corrected chi connectivity index (χ2v) is 3.78. The SMILES string of the molecule is O=CCN1CCCC2=C1CCC(F)=C2. The van der Waals surface area contributed by atoms with Crippen molar-refractivity contribution in [2.24, 2.45) is 0 Å². The Morgan fingerprint density at radius 3 is 3.07 bits per heavy atom. The van der Waals surface area contributed by atoms with Crippen LogP contribution < -0.4 is 0 Å². The first-order valence-corrected chi connectivity index (χ1v) is 5.08. The average molecular weight is 195 g/mol. The summed E-state index contributed by atoms with van der Waals surface area (Å²) in [6, 6.07) is 0. The third-order valence-corrected chi connectivity index (χ3v) is 2.85. The number of nitrogens with zero attached hydrogens (tertiary/aromatic N) is 1. The van der Waals surface area contributed by atoms with Gasteiger partial charge in [-0.05, 0) is 30.9 Å². The number of aldehydes is 1. The van der Waals surface area contributed by atoms with Gasteiger partial charge < -0.3 is 9.69 Å². The molecule has 0 spiro atoms. The molecule has 0 amide bonds. The highest BCUT2D eigenvalue weighted by Gasteiger charge is 2.21. The minimum Gasteiger partial charge on any atom is -0.368 e. The molecule has 0 saturated heterocycles. The van der Waals surface area contributed by atoms with Gasteiger partial charge in [0.2, 0.25) is 0 Å². The van der Waals surface area contributed by atoms with E-state index in [2.05, 4.69) is 4.90 Å². The molecule has 0 radical (unpaired) electrons. The van der Waals surface area contributed by atoms with Crippen LogP contribution >= 0.6 is 0 Å². The van der Waals surface area contributed by atoms with Crippen LogP contribution in [0.1, 0.15) is 25.7 Å². The molecule has 2 aliphatic rings. The van der Waals surface area contributed by atoms with Gasteiger partial charge in [-0.2, -0.15) is 0 Å². The molecule has 0 aromatic heterocycles. The maximum Gasteiger partial charge on any atom is 0.139 e. The van der Waals surface area contributed by atoms with Crippen molar-refractivity contribution < 1.29 is 9.18 Å². The molecule has 0 unspecified atom stereocenters. The number of allylic oxidation sites excluding steroid dienone is 4. The summed E-state index contributed by atoms with van der Waals surface area (Å²) in [5.41, 5.74) is 2.28. The number of hydrogen-bond donors (Lipinski definition) is 0. The van der Waals surface area contributed by atoms with Crippen LogP contribution in [0.3, 0.4) is 0 Å². The molecule has 3 heteroatoms. The second-order valence-electron chi connectivity index (χ2n) is 3.78. The van der Waals surface area contributed by atoms with E-state index in [1.165, 1.54) is 5.70 Å². The molecule has 0 atom stereocenters. The van der Waals surface area contributed by atoms with Crippen LogP contribution in [-0.4, -0.2) is 24.3 Å². The quantitative estimate of drug-likeness (QED) is 0.629.